The number of thiazole rings is 1. The molecule has 0 spiro atoms. The van der Waals surface area contributed by atoms with Crippen molar-refractivity contribution in [2.45, 2.75) is 19.4 Å². The van der Waals surface area contributed by atoms with Gasteiger partial charge in [-0.15, -0.1) is 0 Å². The number of morpholine rings is 1. The van der Waals surface area contributed by atoms with Crippen LogP contribution < -0.4 is 15.0 Å². The van der Waals surface area contributed by atoms with E-state index in [0.717, 1.165) is 47.6 Å². The van der Waals surface area contributed by atoms with Crippen LogP contribution in [0, 0.1) is 0 Å². The van der Waals surface area contributed by atoms with Gasteiger partial charge in [0.2, 0.25) is 5.91 Å². The molecule has 0 unspecified atom stereocenters. The van der Waals surface area contributed by atoms with Crippen LogP contribution in [-0.2, 0) is 16.1 Å². The number of anilines is 2. The summed E-state index contributed by atoms with van der Waals surface area (Å²) in [7, 11) is 3.45. The number of ether oxygens (including phenoxy) is 2. The number of benzene rings is 2. The molecule has 10 heteroatoms. The second kappa shape index (κ2) is 11.5. The van der Waals surface area contributed by atoms with E-state index in [1.807, 2.05) is 31.3 Å². The fourth-order valence-electron chi connectivity index (χ4n) is 4.79. The second-order valence-corrected chi connectivity index (χ2v) is 10.5. The van der Waals surface area contributed by atoms with Crippen LogP contribution in [0.4, 0.5) is 10.8 Å². The maximum atomic E-state index is 13.0. The molecule has 0 radical (unpaired) electrons. The number of hydrogen-bond donors (Lipinski definition) is 1. The molecule has 2 aromatic carbocycles. The summed E-state index contributed by atoms with van der Waals surface area (Å²) in [5, 5.41) is 3.47. The molecule has 37 heavy (non-hydrogen) atoms. The Bertz CT molecular complexity index is 1250. The smallest absolute Gasteiger partial charge is 0.257 e. The van der Waals surface area contributed by atoms with Crippen LogP contribution >= 0.6 is 11.3 Å². The summed E-state index contributed by atoms with van der Waals surface area (Å²) in [6, 6.07) is 11.3. The van der Waals surface area contributed by atoms with Crippen LogP contribution in [0.15, 0.2) is 36.4 Å². The van der Waals surface area contributed by atoms with Gasteiger partial charge in [-0.05, 0) is 55.8 Å². The average molecular weight is 524 g/mol. The molecule has 0 saturated carbocycles. The molecule has 2 saturated heterocycles. The SMILES string of the molecule is COc1ccc(N2CCOCC2)c2sc(NC(=O)c3ccc(CN(C)C(=O)CN4CCCC4)cc3)nc12. The minimum atomic E-state index is -0.226. The number of nitrogens with one attached hydrogen (secondary N) is 1. The van der Waals surface area contributed by atoms with Crippen LogP contribution in [-0.4, -0.2) is 86.7 Å². The number of likely N-dealkylation sites (N-methyl/N-ethyl adjacent to an activating group) is 1. The molecule has 2 fully saturated rings. The zero-order valence-corrected chi connectivity index (χ0v) is 22.2. The molecule has 2 amide bonds. The average Bonchev–Trinajstić information content (AvgIpc) is 3.59. The lowest BCUT2D eigenvalue weighted by Gasteiger charge is -2.29. The minimum Gasteiger partial charge on any atom is -0.494 e. The Morgan fingerprint density at radius 2 is 1.81 bits per heavy atom. The van der Waals surface area contributed by atoms with Crippen molar-refractivity contribution in [1.29, 1.82) is 0 Å². The Morgan fingerprint density at radius 3 is 2.51 bits per heavy atom. The van der Waals surface area contributed by atoms with Gasteiger partial charge >= 0.3 is 0 Å². The first-order chi connectivity index (χ1) is 18.0. The summed E-state index contributed by atoms with van der Waals surface area (Å²) in [5.74, 6) is 0.568. The van der Waals surface area contributed by atoms with Crippen molar-refractivity contribution in [3.8, 4) is 5.75 Å². The standard InChI is InChI=1S/C27H33N5O4S/c1-30(23(33)18-31-11-3-4-12-31)17-19-5-7-20(8-6-19)26(34)29-27-28-24-22(35-2)10-9-21(25(24)37-27)32-13-15-36-16-14-32/h5-10H,3-4,11-18H2,1-2H3,(H,28,29,34). The van der Waals surface area contributed by atoms with Crippen molar-refractivity contribution in [2.24, 2.45) is 0 Å². The van der Waals surface area contributed by atoms with E-state index in [4.69, 9.17) is 9.47 Å². The lowest BCUT2D eigenvalue weighted by Crippen LogP contribution is -2.36. The molecule has 2 aliphatic heterocycles. The maximum absolute atomic E-state index is 13.0. The number of rotatable bonds is 8. The third kappa shape index (κ3) is 5.87. The molecule has 5 rings (SSSR count). The van der Waals surface area contributed by atoms with Gasteiger partial charge in [0.25, 0.3) is 5.91 Å². The molecule has 1 N–H and O–H groups in total. The van der Waals surface area contributed by atoms with E-state index in [-0.39, 0.29) is 11.8 Å². The summed E-state index contributed by atoms with van der Waals surface area (Å²) in [4.78, 5) is 36.4. The van der Waals surface area contributed by atoms with Crippen molar-refractivity contribution >= 4 is 44.2 Å². The van der Waals surface area contributed by atoms with Gasteiger partial charge in [-0.3, -0.25) is 19.8 Å². The van der Waals surface area contributed by atoms with Crippen LogP contribution in [0.1, 0.15) is 28.8 Å². The van der Waals surface area contributed by atoms with E-state index in [0.29, 0.717) is 42.7 Å². The number of fused-ring (bicyclic) bond motifs is 1. The molecule has 0 bridgehead atoms. The third-order valence-electron chi connectivity index (χ3n) is 6.90. The normalized spacial score (nSPS) is 16.2. The summed E-state index contributed by atoms with van der Waals surface area (Å²) >= 11 is 1.44. The molecule has 9 nitrogen and oxygen atoms in total. The Labute approximate surface area is 221 Å². The number of carbonyl (C=O) groups excluding carboxylic acids is 2. The highest BCUT2D eigenvalue weighted by molar-refractivity contribution is 7.23. The molecule has 196 valence electrons. The first-order valence-corrected chi connectivity index (χ1v) is 13.5. The molecule has 0 atom stereocenters. The van der Waals surface area contributed by atoms with Gasteiger partial charge in [-0.2, -0.15) is 0 Å². The number of nitrogens with zero attached hydrogens (tertiary/aromatic N) is 4. The predicted octanol–water partition coefficient (Wildman–Crippen LogP) is 3.45. The molecule has 3 heterocycles. The zero-order valence-electron chi connectivity index (χ0n) is 21.4. The van der Waals surface area contributed by atoms with Crippen molar-refractivity contribution in [3.63, 3.8) is 0 Å². The molecular formula is C27H33N5O4S. The van der Waals surface area contributed by atoms with Crippen LogP contribution in [0.3, 0.4) is 0 Å². The van der Waals surface area contributed by atoms with Crippen molar-refractivity contribution in [3.05, 3.63) is 47.5 Å². The number of amides is 2. The second-order valence-electron chi connectivity index (χ2n) is 9.47. The fourth-order valence-corrected chi connectivity index (χ4v) is 5.81. The summed E-state index contributed by atoms with van der Waals surface area (Å²) in [5.41, 5.74) is 3.33. The molecule has 0 aliphatic carbocycles. The van der Waals surface area contributed by atoms with Gasteiger partial charge in [0.05, 0.1) is 37.3 Å². The Kier molecular flexibility index (Phi) is 7.87. The number of hydrogen-bond acceptors (Lipinski definition) is 8. The molecule has 3 aromatic rings. The van der Waals surface area contributed by atoms with E-state index >= 15 is 0 Å². The van der Waals surface area contributed by atoms with E-state index in [1.54, 1.807) is 24.1 Å². The van der Waals surface area contributed by atoms with Crippen molar-refractivity contribution in [2.75, 3.05) is 70.3 Å². The number of methoxy groups -OCH3 is 1. The van der Waals surface area contributed by atoms with Gasteiger partial charge in [-0.25, -0.2) is 4.98 Å². The van der Waals surface area contributed by atoms with Gasteiger partial charge in [0, 0.05) is 32.2 Å². The van der Waals surface area contributed by atoms with Gasteiger partial charge < -0.3 is 19.3 Å². The maximum Gasteiger partial charge on any atom is 0.257 e. The first-order valence-electron chi connectivity index (χ1n) is 12.7. The summed E-state index contributed by atoms with van der Waals surface area (Å²) in [6.45, 7) is 5.98. The Balaban J connectivity index is 1.25. The lowest BCUT2D eigenvalue weighted by atomic mass is 10.1. The van der Waals surface area contributed by atoms with Crippen molar-refractivity contribution in [1.82, 2.24) is 14.8 Å². The van der Waals surface area contributed by atoms with E-state index in [1.165, 1.54) is 24.2 Å². The number of carbonyl (C=O) groups is 2. The highest BCUT2D eigenvalue weighted by Gasteiger charge is 2.21. The Morgan fingerprint density at radius 1 is 1.08 bits per heavy atom. The largest absolute Gasteiger partial charge is 0.494 e. The van der Waals surface area contributed by atoms with E-state index in [9.17, 15) is 9.59 Å². The van der Waals surface area contributed by atoms with Gasteiger partial charge in [0.1, 0.15) is 11.3 Å². The highest BCUT2D eigenvalue weighted by Crippen LogP contribution is 2.39. The number of likely N-dealkylation sites (tertiary alicyclic amines) is 1. The predicted molar refractivity (Wildman–Crippen MR) is 146 cm³/mol. The molecule has 1 aromatic heterocycles. The van der Waals surface area contributed by atoms with Crippen molar-refractivity contribution < 1.29 is 19.1 Å². The van der Waals surface area contributed by atoms with E-state index < -0.39 is 0 Å². The van der Waals surface area contributed by atoms with Gasteiger partial charge in [-0.1, -0.05) is 23.5 Å². The topological polar surface area (TPSA) is 87.2 Å². The third-order valence-corrected chi connectivity index (χ3v) is 7.89. The highest BCUT2D eigenvalue weighted by atomic mass is 32.1. The summed E-state index contributed by atoms with van der Waals surface area (Å²) in [6.07, 6.45) is 2.33. The monoisotopic (exact) mass is 523 g/mol. The van der Waals surface area contributed by atoms with Crippen LogP contribution in [0.2, 0.25) is 0 Å². The molecule has 2 aliphatic rings. The quantitative estimate of drug-likeness (QED) is 0.484. The van der Waals surface area contributed by atoms with Gasteiger partial charge in [0.15, 0.2) is 5.13 Å². The van der Waals surface area contributed by atoms with Crippen LogP contribution in [0.25, 0.3) is 10.2 Å². The zero-order chi connectivity index (χ0) is 25.8. The minimum absolute atomic E-state index is 0.117. The van der Waals surface area contributed by atoms with E-state index in [2.05, 4.69) is 20.1 Å². The summed E-state index contributed by atoms with van der Waals surface area (Å²) < 4.78 is 12.0. The number of aromatic nitrogens is 1. The Hall–Kier alpha value is -3.21. The van der Waals surface area contributed by atoms with Crippen LogP contribution in [0.5, 0.6) is 5.75 Å². The molecular weight excluding hydrogens is 490 g/mol. The first kappa shape index (κ1) is 25.4. The lowest BCUT2D eigenvalue weighted by molar-refractivity contribution is -0.131. The fraction of sp³-hybridized carbons (Fsp3) is 0.444.